The van der Waals surface area contributed by atoms with Crippen LogP contribution in [0.1, 0.15) is 25.8 Å². The molecule has 2 aromatic rings. The average Bonchev–Trinajstić information content (AvgIpc) is 3.31. The summed E-state index contributed by atoms with van der Waals surface area (Å²) in [6.07, 6.45) is -2.06. The van der Waals surface area contributed by atoms with E-state index in [0.29, 0.717) is 19.6 Å². The second kappa shape index (κ2) is 12.3. The van der Waals surface area contributed by atoms with Crippen molar-refractivity contribution in [1.29, 1.82) is 0 Å². The van der Waals surface area contributed by atoms with Gasteiger partial charge in [-0.05, 0) is 44.0 Å². The Morgan fingerprint density at radius 1 is 1.23 bits per heavy atom. The van der Waals surface area contributed by atoms with Crippen LogP contribution in [-0.4, -0.2) is 68.2 Å². The number of nitrogens with two attached hydrogens (primary N) is 1. The van der Waals surface area contributed by atoms with Crippen LogP contribution in [0, 0.1) is 0 Å². The van der Waals surface area contributed by atoms with Crippen LogP contribution in [0.2, 0.25) is 0 Å². The van der Waals surface area contributed by atoms with E-state index in [9.17, 15) is 18.3 Å². The van der Waals surface area contributed by atoms with Crippen molar-refractivity contribution in [2.24, 2.45) is 0 Å². The second-order valence-electron chi connectivity index (χ2n) is 8.62. The normalized spacial score (nSPS) is 17.9. The number of nitrogen functional groups attached to an aromatic ring is 1. The zero-order valence-corrected chi connectivity index (χ0v) is 20.7. The molecule has 0 unspecified atom stereocenters. The van der Waals surface area contributed by atoms with Gasteiger partial charge in [0.15, 0.2) is 0 Å². The lowest BCUT2D eigenvalue weighted by molar-refractivity contribution is -0.136. The lowest BCUT2D eigenvalue weighted by atomic mass is 10.0. The fraction of sp³-hybridized carbons (Fsp3) is 0.458. The predicted octanol–water partition coefficient (Wildman–Crippen LogP) is 2.09. The molecular formula is C24H33N3O7S. The number of anilines is 1. The number of sulfonamides is 1. The minimum absolute atomic E-state index is 0.0708. The highest BCUT2D eigenvalue weighted by atomic mass is 32.2. The molecule has 0 saturated carbocycles. The van der Waals surface area contributed by atoms with Gasteiger partial charge in [-0.3, -0.25) is 4.84 Å². The lowest BCUT2D eigenvalue weighted by Crippen LogP contribution is -2.51. The SMILES string of the molecule is CC(C)ON(C[C@@H](O)[C@H](Cc1ccccc1)NC(=O)O[C@H]1CCOC1)S(=O)(=O)c1cccc(N)c1. The number of nitrogens with one attached hydrogen (secondary N) is 1. The van der Waals surface area contributed by atoms with E-state index in [-0.39, 0.29) is 23.1 Å². The molecule has 0 aliphatic carbocycles. The molecule has 1 fully saturated rings. The first-order chi connectivity index (χ1) is 16.6. The highest BCUT2D eigenvalue weighted by Gasteiger charge is 2.33. The van der Waals surface area contributed by atoms with Gasteiger partial charge in [0, 0.05) is 12.1 Å². The van der Waals surface area contributed by atoms with Gasteiger partial charge in [-0.2, -0.15) is 0 Å². The molecule has 0 radical (unpaired) electrons. The van der Waals surface area contributed by atoms with E-state index in [1.165, 1.54) is 18.2 Å². The molecule has 1 heterocycles. The van der Waals surface area contributed by atoms with Crippen molar-refractivity contribution in [2.75, 3.05) is 25.5 Å². The minimum Gasteiger partial charge on any atom is -0.444 e. The summed E-state index contributed by atoms with van der Waals surface area (Å²) in [5, 5.41) is 13.8. The van der Waals surface area contributed by atoms with Crippen molar-refractivity contribution < 1.29 is 32.6 Å². The zero-order chi connectivity index (χ0) is 25.4. The fourth-order valence-corrected chi connectivity index (χ4v) is 5.00. The Bertz CT molecular complexity index is 1060. The maximum absolute atomic E-state index is 13.3. The van der Waals surface area contributed by atoms with Crippen molar-refractivity contribution in [3.05, 3.63) is 60.2 Å². The standard InChI is InChI=1S/C24H33N3O7S/c1-17(2)34-27(35(30,31)21-10-6-9-19(25)14-21)15-23(28)22(13-18-7-4-3-5-8-18)26-24(29)33-20-11-12-32-16-20/h3-10,14,17,20,22-23,28H,11-13,15-16,25H2,1-2H3,(H,26,29)/t20-,22-,23+/m0/s1. The molecule has 4 N–H and O–H groups in total. The smallest absolute Gasteiger partial charge is 0.407 e. The Labute approximate surface area is 206 Å². The number of amides is 1. The molecule has 0 bridgehead atoms. The number of aliphatic hydroxyl groups excluding tert-OH is 1. The summed E-state index contributed by atoms with van der Waals surface area (Å²) in [5.74, 6) is 0. The van der Waals surface area contributed by atoms with Crippen LogP contribution >= 0.6 is 0 Å². The summed E-state index contributed by atoms with van der Waals surface area (Å²) in [6.45, 7) is 3.74. The number of hydroxylamine groups is 1. The van der Waals surface area contributed by atoms with E-state index in [2.05, 4.69) is 5.32 Å². The fourth-order valence-electron chi connectivity index (χ4n) is 3.60. The van der Waals surface area contributed by atoms with Gasteiger partial charge in [0.25, 0.3) is 10.0 Å². The van der Waals surface area contributed by atoms with Crippen LogP contribution in [0.3, 0.4) is 0 Å². The number of rotatable bonds is 11. The minimum atomic E-state index is -4.16. The molecule has 11 heteroatoms. The number of carbonyl (C=O) groups excluding carboxylic acids is 1. The maximum Gasteiger partial charge on any atom is 0.407 e. The number of alkyl carbamates (subject to hydrolysis) is 1. The van der Waals surface area contributed by atoms with Crippen molar-refractivity contribution >= 4 is 21.8 Å². The van der Waals surface area contributed by atoms with Gasteiger partial charge in [0.1, 0.15) is 6.10 Å². The molecule has 0 aromatic heterocycles. The molecule has 1 aliphatic heterocycles. The number of carbonyl (C=O) groups is 1. The first-order valence-electron chi connectivity index (χ1n) is 11.5. The van der Waals surface area contributed by atoms with Crippen molar-refractivity contribution in [3.8, 4) is 0 Å². The van der Waals surface area contributed by atoms with Crippen LogP contribution in [0.5, 0.6) is 0 Å². The Hall–Kier alpha value is -2.70. The van der Waals surface area contributed by atoms with Crippen molar-refractivity contribution in [3.63, 3.8) is 0 Å². The number of hydrogen-bond donors (Lipinski definition) is 3. The largest absolute Gasteiger partial charge is 0.444 e. The van der Waals surface area contributed by atoms with Gasteiger partial charge in [-0.15, -0.1) is 0 Å². The predicted molar refractivity (Wildman–Crippen MR) is 130 cm³/mol. The summed E-state index contributed by atoms with van der Waals surface area (Å²) in [5.41, 5.74) is 6.89. The summed E-state index contributed by atoms with van der Waals surface area (Å²) < 4.78 is 38.0. The molecule has 10 nitrogen and oxygen atoms in total. The highest BCUT2D eigenvalue weighted by molar-refractivity contribution is 7.89. The number of ether oxygens (including phenoxy) is 2. The molecule has 35 heavy (non-hydrogen) atoms. The first-order valence-corrected chi connectivity index (χ1v) is 12.9. The molecule has 1 saturated heterocycles. The quantitative estimate of drug-likeness (QED) is 0.310. The van der Waals surface area contributed by atoms with Gasteiger partial charge in [0.05, 0.1) is 42.9 Å². The lowest BCUT2D eigenvalue weighted by Gasteiger charge is -2.30. The van der Waals surface area contributed by atoms with E-state index >= 15 is 0 Å². The van der Waals surface area contributed by atoms with Gasteiger partial charge in [-0.25, -0.2) is 13.2 Å². The highest BCUT2D eigenvalue weighted by Crippen LogP contribution is 2.21. The third kappa shape index (κ3) is 7.91. The number of aliphatic hydroxyl groups is 1. The molecule has 1 aliphatic rings. The first kappa shape index (κ1) is 26.9. The van der Waals surface area contributed by atoms with E-state index in [0.717, 1.165) is 10.0 Å². The molecule has 1 amide bonds. The Balaban J connectivity index is 1.80. The molecular weight excluding hydrogens is 474 g/mol. The Kier molecular flexibility index (Phi) is 9.47. The summed E-state index contributed by atoms with van der Waals surface area (Å²) in [7, 11) is -4.16. The second-order valence-corrected chi connectivity index (χ2v) is 10.4. The Morgan fingerprint density at radius 3 is 2.60 bits per heavy atom. The summed E-state index contributed by atoms with van der Waals surface area (Å²) >= 11 is 0. The molecule has 2 aromatic carbocycles. The van der Waals surface area contributed by atoms with Crippen LogP contribution in [0.15, 0.2) is 59.5 Å². The molecule has 3 atom stereocenters. The monoisotopic (exact) mass is 507 g/mol. The van der Waals surface area contributed by atoms with Gasteiger partial charge in [0.2, 0.25) is 0 Å². The third-order valence-electron chi connectivity index (χ3n) is 5.32. The molecule has 0 spiro atoms. The van der Waals surface area contributed by atoms with Gasteiger partial charge >= 0.3 is 6.09 Å². The van der Waals surface area contributed by atoms with Gasteiger partial charge < -0.3 is 25.6 Å². The van der Waals surface area contributed by atoms with E-state index < -0.39 is 40.9 Å². The average molecular weight is 508 g/mol. The number of hydrogen-bond acceptors (Lipinski definition) is 8. The van der Waals surface area contributed by atoms with Crippen molar-refractivity contribution in [1.82, 2.24) is 9.79 Å². The van der Waals surface area contributed by atoms with Crippen LogP contribution in [0.4, 0.5) is 10.5 Å². The number of benzene rings is 2. The zero-order valence-electron chi connectivity index (χ0n) is 19.9. The Morgan fingerprint density at radius 2 is 1.97 bits per heavy atom. The summed E-state index contributed by atoms with van der Waals surface area (Å²) in [6, 6.07) is 14.2. The van der Waals surface area contributed by atoms with Crippen LogP contribution in [0.25, 0.3) is 0 Å². The maximum atomic E-state index is 13.3. The van der Waals surface area contributed by atoms with E-state index in [1.807, 2.05) is 30.3 Å². The molecule has 192 valence electrons. The van der Waals surface area contributed by atoms with E-state index in [4.69, 9.17) is 20.0 Å². The van der Waals surface area contributed by atoms with Crippen LogP contribution in [-0.2, 0) is 30.8 Å². The topological polar surface area (TPSA) is 140 Å². The van der Waals surface area contributed by atoms with Crippen molar-refractivity contribution in [2.45, 2.75) is 55.9 Å². The number of nitrogens with zero attached hydrogens (tertiary/aromatic N) is 1. The van der Waals surface area contributed by atoms with Crippen LogP contribution < -0.4 is 11.1 Å². The molecule has 3 rings (SSSR count). The third-order valence-corrected chi connectivity index (χ3v) is 6.94. The van der Waals surface area contributed by atoms with Gasteiger partial charge in [-0.1, -0.05) is 40.9 Å². The summed E-state index contributed by atoms with van der Waals surface area (Å²) in [4.78, 5) is 18.1. The van der Waals surface area contributed by atoms with E-state index in [1.54, 1.807) is 19.9 Å².